The fraction of sp³-hybridized carbons (Fsp3) is 0.485. The van der Waals surface area contributed by atoms with Gasteiger partial charge in [-0.25, -0.2) is 4.79 Å². The summed E-state index contributed by atoms with van der Waals surface area (Å²) in [6, 6.07) is 14.7. The Morgan fingerprint density at radius 3 is 2.16 bits per heavy atom. The molecule has 4 unspecified atom stereocenters. The minimum Gasteiger partial charge on any atom is -0.445 e. The lowest BCUT2D eigenvalue weighted by atomic mass is 9.95. The summed E-state index contributed by atoms with van der Waals surface area (Å²) in [6.07, 6.45) is 3.00. The minimum atomic E-state index is -1.71. The van der Waals surface area contributed by atoms with E-state index in [1.807, 2.05) is 12.1 Å². The van der Waals surface area contributed by atoms with Gasteiger partial charge in [-0.15, -0.1) is 0 Å². The van der Waals surface area contributed by atoms with Crippen LogP contribution in [0.15, 0.2) is 60.7 Å². The third kappa shape index (κ3) is 10.0. The summed E-state index contributed by atoms with van der Waals surface area (Å²) in [6.45, 7) is 0.233. The number of nitrogens with one attached hydrogen (secondary N) is 3. The molecule has 0 spiro atoms. The lowest BCUT2D eigenvalue weighted by Crippen LogP contribution is -2.59. The van der Waals surface area contributed by atoms with Gasteiger partial charge in [0.05, 0.1) is 12.5 Å². The lowest BCUT2D eigenvalue weighted by Gasteiger charge is -2.32. The minimum absolute atomic E-state index is 0.0627. The largest absolute Gasteiger partial charge is 0.445 e. The topological polar surface area (TPSA) is 180 Å². The van der Waals surface area contributed by atoms with E-state index >= 15 is 0 Å². The molecule has 2 aromatic rings. The zero-order valence-corrected chi connectivity index (χ0v) is 25.4. The Labute approximate surface area is 263 Å². The number of aliphatic hydroxyl groups excluding tert-OH is 1. The lowest BCUT2D eigenvalue weighted by molar-refractivity contribution is -0.147. The van der Waals surface area contributed by atoms with Crippen LogP contribution in [0.2, 0.25) is 0 Å². The summed E-state index contributed by atoms with van der Waals surface area (Å²) in [5.74, 6) is -2.59. The maximum Gasteiger partial charge on any atom is 0.408 e. The first-order chi connectivity index (χ1) is 21.7. The van der Waals surface area contributed by atoms with Crippen LogP contribution in [0.5, 0.6) is 0 Å². The number of amides is 5. The maximum absolute atomic E-state index is 13.7. The summed E-state index contributed by atoms with van der Waals surface area (Å²) in [5.41, 5.74) is 6.82. The number of hydrogen-bond acceptors (Lipinski definition) is 7. The predicted octanol–water partition coefficient (Wildman–Crippen LogP) is 1.69. The van der Waals surface area contributed by atoms with Gasteiger partial charge >= 0.3 is 6.09 Å². The van der Waals surface area contributed by atoms with Gasteiger partial charge in [-0.3, -0.25) is 19.2 Å². The Kier molecular flexibility index (Phi) is 12.3. The van der Waals surface area contributed by atoms with Crippen molar-refractivity contribution < 1.29 is 33.8 Å². The van der Waals surface area contributed by atoms with E-state index in [4.69, 9.17) is 10.5 Å². The van der Waals surface area contributed by atoms with Crippen LogP contribution in [-0.4, -0.2) is 76.5 Å². The third-order valence-corrected chi connectivity index (χ3v) is 8.28. The van der Waals surface area contributed by atoms with Crippen molar-refractivity contribution in [2.45, 2.75) is 94.7 Å². The summed E-state index contributed by atoms with van der Waals surface area (Å²) in [4.78, 5) is 66.0. The molecule has 1 saturated carbocycles. The molecule has 1 heterocycles. The third-order valence-electron chi connectivity index (χ3n) is 8.28. The van der Waals surface area contributed by atoms with Crippen LogP contribution in [-0.2, 0) is 36.9 Å². The first-order valence-corrected chi connectivity index (χ1v) is 15.6. The molecule has 45 heavy (non-hydrogen) atoms. The molecule has 4 atom stereocenters. The highest BCUT2D eigenvalue weighted by Gasteiger charge is 2.40. The number of alkyl carbamates (subject to hydrolysis) is 1. The molecule has 2 aromatic carbocycles. The van der Waals surface area contributed by atoms with Crippen molar-refractivity contribution in [2.75, 3.05) is 6.54 Å². The Bertz CT molecular complexity index is 1300. The van der Waals surface area contributed by atoms with Crippen LogP contribution in [0.25, 0.3) is 0 Å². The summed E-state index contributed by atoms with van der Waals surface area (Å²) < 4.78 is 5.20. The van der Waals surface area contributed by atoms with Gasteiger partial charge in [-0.1, -0.05) is 79.9 Å². The number of carbonyl (C=O) groups is 5. The molecule has 242 valence electrons. The average Bonchev–Trinajstić information content (AvgIpc) is 3.54. The Hall–Kier alpha value is -4.45. The number of carbonyl (C=O) groups excluding carboxylic acids is 5. The molecule has 1 aliphatic heterocycles. The fourth-order valence-electron chi connectivity index (χ4n) is 5.90. The number of likely N-dealkylation sites (tertiary alicyclic amines) is 1. The van der Waals surface area contributed by atoms with Gasteiger partial charge in [0.2, 0.25) is 17.7 Å². The summed E-state index contributed by atoms with van der Waals surface area (Å²) in [5, 5.41) is 19.5. The molecular formula is C33H43N5O7. The molecule has 12 heteroatoms. The number of hydrogen-bond donors (Lipinski definition) is 5. The number of ether oxygens (including phenoxy) is 1. The van der Waals surface area contributed by atoms with Gasteiger partial charge in [-0.2, -0.15) is 0 Å². The van der Waals surface area contributed by atoms with E-state index in [1.165, 1.54) is 4.90 Å². The van der Waals surface area contributed by atoms with E-state index in [-0.39, 0.29) is 25.0 Å². The molecule has 6 N–H and O–H groups in total. The first kappa shape index (κ1) is 33.4. The first-order valence-electron chi connectivity index (χ1n) is 15.6. The second kappa shape index (κ2) is 16.6. The molecule has 0 radical (unpaired) electrons. The van der Waals surface area contributed by atoms with E-state index in [2.05, 4.69) is 16.0 Å². The number of aliphatic hydroxyl groups is 1. The molecule has 5 amide bonds. The molecule has 4 rings (SSSR count). The predicted molar refractivity (Wildman–Crippen MR) is 165 cm³/mol. The molecule has 2 fully saturated rings. The van der Waals surface area contributed by atoms with E-state index in [0.717, 1.165) is 43.2 Å². The SMILES string of the molecule is NC(=O)CC(NC(=O)OCc1ccccc1)C(=O)NC(Cc1ccccc1)C(O)C(=O)N1CCCC1C(=O)NC1CCCCC1. The Balaban J connectivity index is 1.45. The summed E-state index contributed by atoms with van der Waals surface area (Å²) in [7, 11) is 0. The van der Waals surface area contributed by atoms with E-state index in [0.29, 0.717) is 19.4 Å². The summed E-state index contributed by atoms with van der Waals surface area (Å²) >= 11 is 0. The van der Waals surface area contributed by atoms with E-state index in [1.54, 1.807) is 48.5 Å². The number of benzene rings is 2. The van der Waals surface area contributed by atoms with Crippen molar-refractivity contribution in [1.29, 1.82) is 0 Å². The zero-order valence-electron chi connectivity index (χ0n) is 25.4. The van der Waals surface area contributed by atoms with Crippen molar-refractivity contribution in [3.8, 4) is 0 Å². The molecule has 0 bridgehead atoms. The fourth-order valence-corrected chi connectivity index (χ4v) is 5.90. The quantitative estimate of drug-likeness (QED) is 0.226. The van der Waals surface area contributed by atoms with Gasteiger partial charge in [0, 0.05) is 12.6 Å². The number of primary amides is 1. The highest BCUT2D eigenvalue weighted by molar-refractivity contribution is 5.93. The van der Waals surface area contributed by atoms with Crippen LogP contribution in [0.3, 0.4) is 0 Å². The highest BCUT2D eigenvalue weighted by atomic mass is 16.5. The van der Waals surface area contributed by atoms with Crippen molar-refractivity contribution in [3.05, 3.63) is 71.8 Å². The normalized spacial score (nSPS) is 18.7. The van der Waals surface area contributed by atoms with Gasteiger partial charge in [-0.05, 0) is 43.2 Å². The number of nitrogens with zero attached hydrogens (tertiary/aromatic N) is 1. The molecule has 1 aliphatic carbocycles. The Morgan fingerprint density at radius 1 is 0.867 bits per heavy atom. The van der Waals surface area contributed by atoms with Gasteiger partial charge in [0.15, 0.2) is 6.10 Å². The second-order valence-electron chi connectivity index (χ2n) is 11.7. The molecule has 1 saturated heterocycles. The number of rotatable bonds is 13. The highest BCUT2D eigenvalue weighted by Crippen LogP contribution is 2.23. The molecular weight excluding hydrogens is 578 g/mol. The molecule has 0 aromatic heterocycles. The number of nitrogens with two attached hydrogens (primary N) is 1. The maximum atomic E-state index is 13.7. The van der Waals surface area contributed by atoms with E-state index in [9.17, 15) is 29.1 Å². The molecule has 12 nitrogen and oxygen atoms in total. The average molecular weight is 622 g/mol. The van der Waals surface area contributed by atoms with Crippen LogP contribution in [0, 0.1) is 0 Å². The van der Waals surface area contributed by atoms with Crippen molar-refractivity contribution in [2.24, 2.45) is 5.73 Å². The van der Waals surface area contributed by atoms with Crippen molar-refractivity contribution >= 4 is 29.7 Å². The van der Waals surface area contributed by atoms with Crippen LogP contribution in [0.1, 0.15) is 62.5 Å². The van der Waals surface area contributed by atoms with Crippen LogP contribution >= 0.6 is 0 Å². The molecule has 2 aliphatic rings. The zero-order chi connectivity index (χ0) is 32.2. The van der Waals surface area contributed by atoms with Crippen LogP contribution in [0.4, 0.5) is 4.79 Å². The van der Waals surface area contributed by atoms with Crippen molar-refractivity contribution in [1.82, 2.24) is 20.9 Å². The van der Waals surface area contributed by atoms with Gasteiger partial charge < -0.3 is 36.4 Å². The van der Waals surface area contributed by atoms with E-state index < -0.39 is 54.5 Å². The second-order valence-corrected chi connectivity index (χ2v) is 11.7. The van der Waals surface area contributed by atoms with Gasteiger partial charge in [0.25, 0.3) is 5.91 Å². The van der Waals surface area contributed by atoms with Gasteiger partial charge in [0.1, 0.15) is 18.7 Å². The monoisotopic (exact) mass is 621 g/mol. The standard InChI is InChI=1S/C33H43N5O7/c34-28(39)20-26(37-33(44)45-21-23-13-6-2-7-14-23)30(41)36-25(19-22-11-4-1-5-12-22)29(40)32(43)38-18-10-17-27(38)31(42)35-24-15-8-3-9-16-24/h1-2,4-7,11-14,24-27,29,40H,3,8-10,15-21H2,(H2,34,39)(H,35,42)(H,36,41)(H,37,44). The van der Waals surface area contributed by atoms with Crippen LogP contribution < -0.4 is 21.7 Å². The van der Waals surface area contributed by atoms with Crippen molar-refractivity contribution in [3.63, 3.8) is 0 Å². The smallest absolute Gasteiger partial charge is 0.408 e. The Morgan fingerprint density at radius 2 is 1.51 bits per heavy atom.